The highest BCUT2D eigenvalue weighted by atomic mass is 32.2. The Morgan fingerprint density at radius 2 is 1.54 bits per heavy atom. The summed E-state index contributed by atoms with van der Waals surface area (Å²) in [7, 11) is -3.43. The molecule has 0 N–H and O–H groups in total. The molecule has 0 saturated carbocycles. The molecular formula is C20H27N5O2S. The van der Waals surface area contributed by atoms with E-state index in [2.05, 4.69) is 26.9 Å². The van der Waals surface area contributed by atoms with Crippen LogP contribution in [-0.2, 0) is 10.0 Å². The summed E-state index contributed by atoms with van der Waals surface area (Å²) in [6.45, 7) is 5.39. The van der Waals surface area contributed by atoms with Crippen LogP contribution in [0.3, 0.4) is 0 Å². The molecule has 1 atom stereocenters. The first-order valence-corrected chi connectivity index (χ1v) is 11.4. The van der Waals surface area contributed by atoms with Crippen LogP contribution in [0.5, 0.6) is 0 Å². The number of hydrogen-bond donors (Lipinski definition) is 0. The Balaban J connectivity index is 1.40. The Bertz CT molecular complexity index is 881. The van der Waals surface area contributed by atoms with Gasteiger partial charge in [0.05, 0.1) is 4.90 Å². The Morgan fingerprint density at radius 1 is 0.857 bits per heavy atom. The van der Waals surface area contributed by atoms with Gasteiger partial charge in [-0.2, -0.15) is 4.31 Å². The molecule has 4 rings (SSSR count). The van der Waals surface area contributed by atoms with Crippen LogP contribution >= 0.6 is 0 Å². The van der Waals surface area contributed by atoms with Crippen LogP contribution < -0.4 is 9.80 Å². The molecule has 3 heterocycles. The summed E-state index contributed by atoms with van der Waals surface area (Å²) in [5, 5.41) is 8.87. The summed E-state index contributed by atoms with van der Waals surface area (Å²) in [5.41, 5.74) is 0. The number of hydrogen-bond acceptors (Lipinski definition) is 6. The SMILES string of the molecule is C[C@H]1CCCCN1c1ccc(N2CCN(S(=O)(=O)c3ccccc3)CC2)nn1. The number of piperazine rings is 1. The molecule has 0 amide bonds. The van der Waals surface area contributed by atoms with E-state index in [0.717, 1.165) is 18.2 Å². The molecule has 8 heteroatoms. The molecule has 7 nitrogen and oxygen atoms in total. The average molecular weight is 402 g/mol. The van der Waals surface area contributed by atoms with Crippen molar-refractivity contribution < 1.29 is 8.42 Å². The smallest absolute Gasteiger partial charge is 0.243 e. The van der Waals surface area contributed by atoms with Crippen molar-refractivity contribution in [1.29, 1.82) is 0 Å². The topological polar surface area (TPSA) is 69.6 Å². The number of nitrogens with zero attached hydrogens (tertiary/aromatic N) is 5. The highest BCUT2D eigenvalue weighted by Gasteiger charge is 2.29. The molecule has 1 aromatic carbocycles. The van der Waals surface area contributed by atoms with Crippen molar-refractivity contribution in [2.75, 3.05) is 42.5 Å². The highest BCUT2D eigenvalue weighted by molar-refractivity contribution is 7.89. The van der Waals surface area contributed by atoms with Gasteiger partial charge in [0.1, 0.15) is 0 Å². The number of benzene rings is 1. The van der Waals surface area contributed by atoms with E-state index >= 15 is 0 Å². The summed E-state index contributed by atoms with van der Waals surface area (Å²) in [4.78, 5) is 4.78. The van der Waals surface area contributed by atoms with Gasteiger partial charge in [-0.15, -0.1) is 10.2 Å². The van der Waals surface area contributed by atoms with Crippen molar-refractivity contribution >= 4 is 21.7 Å². The number of aromatic nitrogens is 2. The third kappa shape index (κ3) is 3.84. The van der Waals surface area contributed by atoms with E-state index in [1.165, 1.54) is 19.3 Å². The molecule has 2 aliphatic rings. The maximum atomic E-state index is 12.8. The maximum absolute atomic E-state index is 12.8. The standard InChI is InChI=1S/C20H27N5O2S/c1-17-7-5-6-12-25(17)20-11-10-19(21-22-20)23-13-15-24(16-14-23)28(26,27)18-8-3-2-4-9-18/h2-4,8-11,17H,5-7,12-16H2,1H3/t17-/m0/s1. The first kappa shape index (κ1) is 19.1. The van der Waals surface area contributed by atoms with Gasteiger partial charge in [-0.05, 0) is 50.5 Å². The fourth-order valence-corrected chi connectivity index (χ4v) is 5.42. The molecule has 0 aliphatic carbocycles. The largest absolute Gasteiger partial charge is 0.352 e. The lowest BCUT2D eigenvalue weighted by atomic mass is 10.0. The van der Waals surface area contributed by atoms with Gasteiger partial charge in [-0.3, -0.25) is 0 Å². The van der Waals surface area contributed by atoms with Crippen LogP contribution in [0.15, 0.2) is 47.4 Å². The van der Waals surface area contributed by atoms with Crippen LogP contribution in [0.1, 0.15) is 26.2 Å². The second-order valence-electron chi connectivity index (χ2n) is 7.49. The molecule has 2 fully saturated rings. The van der Waals surface area contributed by atoms with Gasteiger partial charge in [0.2, 0.25) is 10.0 Å². The monoisotopic (exact) mass is 401 g/mol. The van der Waals surface area contributed by atoms with E-state index in [-0.39, 0.29) is 0 Å². The molecule has 0 spiro atoms. The predicted octanol–water partition coefficient (Wildman–Crippen LogP) is 2.37. The predicted molar refractivity (Wildman–Crippen MR) is 110 cm³/mol. The molecule has 2 aliphatic heterocycles. The lowest BCUT2D eigenvalue weighted by Gasteiger charge is -2.35. The van der Waals surface area contributed by atoms with E-state index in [4.69, 9.17) is 0 Å². The first-order chi connectivity index (χ1) is 13.6. The van der Waals surface area contributed by atoms with Crippen molar-refractivity contribution in [2.24, 2.45) is 0 Å². The molecule has 2 aromatic rings. The normalized spacial score (nSPS) is 21.7. The van der Waals surface area contributed by atoms with Gasteiger partial charge in [0, 0.05) is 38.8 Å². The fraction of sp³-hybridized carbons (Fsp3) is 0.500. The Kier molecular flexibility index (Phi) is 5.50. The molecule has 0 radical (unpaired) electrons. The van der Waals surface area contributed by atoms with E-state index < -0.39 is 10.0 Å². The molecule has 28 heavy (non-hydrogen) atoms. The Labute approximate surface area is 167 Å². The number of sulfonamides is 1. The van der Waals surface area contributed by atoms with Gasteiger partial charge in [-0.25, -0.2) is 8.42 Å². The molecule has 0 bridgehead atoms. The number of rotatable bonds is 4. The molecule has 2 saturated heterocycles. The first-order valence-electron chi connectivity index (χ1n) is 9.96. The lowest BCUT2D eigenvalue weighted by molar-refractivity contribution is 0.383. The molecule has 150 valence electrons. The van der Waals surface area contributed by atoms with Gasteiger partial charge >= 0.3 is 0 Å². The summed E-state index contributed by atoms with van der Waals surface area (Å²) in [5.74, 6) is 1.74. The van der Waals surface area contributed by atoms with Gasteiger partial charge in [0.25, 0.3) is 0 Å². The van der Waals surface area contributed by atoms with Crippen molar-refractivity contribution in [3.8, 4) is 0 Å². The number of piperidine rings is 1. The Hall–Kier alpha value is -2.19. The Morgan fingerprint density at radius 3 is 2.18 bits per heavy atom. The van der Waals surface area contributed by atoms with Gasteiger partial charge in [0.15, 0.2) is 11.6 Å². The third-order valence-electron chi connectivity index (χ3n) is 5.68. The van der Waals surface area contributed by atoms with Crippen molar-refractivity contribution in [1.82, 2.24) is 14.5 Å². The van der Waals surface area contributed by atoms with Crippen molar-refractivity contribution in [2.45, 2.75) is 37.1 Å². The van der Waals surface area contributed by atoms with E-state index in [0.29, 0.717) is 37.1 Å². The zero-order valence-electron chi connectivity index (χ0n) is 16.2. The second kappa shape index (κ2) is 8.05. The zero-order valence-corrected chi connectivity index (χ0v) is 17.1. The second-order valence-corrected chi connectivity index (χ2v) is 9.43. The molecule has 1 aromatic heterocycles. The lowest BCUT2D eigenvalue weighted by Crippen LogP contribution is -2.49. The van der Waals surface area contributed by atoms with Gasteiger partial charge < -0.3 is 9.80 Å². The van der Waals surface area contributed by atoms with Crippen LogP contribution in [-0.4, -0.2) is 61.7 Å². The minimum Gasteiger partial charge on any atom is -0.352 e. The summed E-state index contributed by atoms with van der Waals surface area (Å²) in [6.07, 6.45) is 3.67. The zero-order chi connectivity index (χ0) is 19.6. The molecular weight excluding hydrogens is 374 g/mol. The van der Waals surface area contributed by atoms with Crippen LogP contribution in [0, 0.1) is 0 Å². The molecule has 0 unspecified atom stereocenters. The van der Waals surface area contributed by atoms with Crippen LogP contribution in [0.2, 0.25) is 0 Å². The summed E-state index contributed by atoms with van der Waals surface area (Å²) < 4.78 is 27.1. The number of anilines is 2. The van der Waals surface area contributed by atoms with E-state index in [1.807, 2.05) is 18.2 Å². The van der Waals surface area contributed by atoms with Crippen molar-refractivity contribution in [3.63, 3.8) is 0 Å². The van der Waals surface area contributed by atoms with Gasteiger partial charge in [-0.1, -0.05) is 18.2 Å². The fourth-order valence-electron chi connectivity index (χ4n) is 3.98. The van der Waals surface area contributed by atoms with E-state index in [1.54, 1.807) is 28.6 Å². The maximum Gasteiger partial charge on any atom is 0.243 e. The third-order valence-corrected chi connectivity index (χ3v) is 7.59. The summed E-state index contributed by atoms with van der Waals surface area (Å²) >= 11 is 0. The quantitative estimate of drug-likeness (QED) is 0.783. The minimum absolute atomic E-state index is 0.350. The van der Waals surface area contributed by atoms with Crippen molar-refractivity contribution in [3.05, 3.63) is 42.5 Å². The van der Waals surface area contributed by atoms with Crippen LogP contribution in [0.25, 0.3) is 0 Å². The average Bonchev–Trinajstić information content (AvgIpc) is 2.75. The minimum atomic E-state index is -3.43. The van der Waals surface area contributed by atoms with Crippen LogP contribution in [0.4, 0.5) is 11.6 Å². The van der Waals surface area contributed by atoms with E-state index in [9.17, 15) is 8.42 Å². The summed E-state index contributed by atoms with van der Waals surface area (Å²) in [6, 6.07) is 13.2. The highest BCUT2D eigenvalue weighted by Crippen LogP contribution is 2.24.